The molecule has 0 bridgehead atoms. The van der Waals surface area contributed by atoms with Crippen LogP contribution in [0.4, 0.5) is 0 Å². The largest absolute Gasteiger partial charge is 0.500 e. The van der Waals surface area contributed by atoms with Crippen LogP contribution in [0.2, 0.25) is 0 Å². The topological polar surface area (TPSA) is 83.8 Å². The van der Waals surface area contributed by atoms with Gasteiger partial charge in [-0.1, -0.05) is 0 Å². The molecule has 23 heavy (non-hydrogen) atoms. The molecule has 1 heterocycles. The molecule has 0 N–H and O–H groups in total. The van der Waals surface area contributed by atoms with Gasteiger partial charge in [-0.15, -0.1) is 11.3 Å². The quantitative estimate of drug-likeness (QED) is 0.511. The number of esters is 2. The molecule has 0 aliphatic rings. The van der Waals surface area contributed by atoms with E-state index in [-0.39, 0.29) is 29.0 Å². The number of thiazole rings is 1. The Hall–Kier alpha value is -2.09. The minimum absolute atomic E-state index is 0.112. The van der Waals surface area contributed by atoms with Gasteiger partial charge < -0.3 is 14.2 Å². The van der Waals surface area contributed by atoms with Gasteiger partial charge in [0.25, 0.3) is 5.56 Å². The first-order valence-corrected chi connectivity index (χ1v) is 8.23. The molecule has 0 aromatic carbocycles. The molecule has 0 amide bonds. The third kappa shape index (κ3) is 4.44. The maximum absolute atomic E-state index is 12.3. The molecular weight excluding hydrogens is 322 g/mol. The number of aromatic nitrogens is 1. The molecule has 1 aromatic rings. The van der Waals surface area contributed by atoms with E-state index in [0.29, 0.717) is 17.7 Å². The number of carbonyl (C=O) groups is 2. The Morgan fingerprint density at radius 3 is 2.04 bits per heavy atom. The van der Waals surface area contributed by atoms with E-state index in [1.54, 1.807) is 27.7 Å². The summed E-state index contributed by atoms with van der Waals surface area (Å²) >= 11 is 0.998. The summed E-state index contributed by atoms with van der Waals surface area (Å²) in [7, 11) is 0. The standard InChI is InChI=1S/C15H21NO6S/c1-5-16-12(17)10(9-20-6-2)23-13(16)11(14(18)21-7-3)15(19)22-8-4/h9H,5-8H2,1-4H3/b10-9+. The van der Waals surface area contributed by atoms with Crippen LogP contribution >= 0.6 is 11.3 Å². The SMILES string of the molecule is CCO/C=c1/sc(=C(C(=O)OCC)C(=O)OCC)n(CC)c1=O. The molecule has 0 saturated heterocycles. The monoisotopic (exact) mass is 343 g/mol. The van der Waals surface area contributed by atoms with Gasteiger partial charge >= 0.3 is 11.9 Å². The minimum Gasteiger partial charge on any atom is -0.500 e. The lowest BCUT2D eigenvalue weighted by Gasteiger charge is -2.06. The van der Waals surface area contributed by atoms with Crippen molar-refractivity contribution in [3.8, 4) is 0 Å². The molecule has 1 rings (SSSR count). The molecule has 0 spiro atoms. The first kappa shape index (κ1) is 19.0. The summed E-state index contributed by atoms with van der Waals surface area (Å²) in [6.45, 7) is 7.74. The van der Waals surface area contributed by atoms with Gasteiger partial charge in [-0.05, 0) is 27.7 Å². The Morgan fingerprint density at radius 1 is 1.04 bits per heavy atom. The van der Waals surface area contributed by atoms with Gasteiger partial charge in [0.2, 0.25) is 0 Å². The molecule has 0 aliphatic heterocycles. The van der Waals surface area contributed by atoms with E-state index in [4.69, 9.17) is 14.2 Å². The van der Waals surface area contributed by atoms with Crippen LogP contribution in [0.15, 0.2) is 4.79 Å². The molecule has 0 atom stereocenters. The van der Waals surface area contributed by atoms with Gasteiger partial charge in [0.05, 0.1) is 19.8 Å². The minimum atomic E-state index is -0.808. The zero-order valence-electron chi connectivity index (χ0n) is 13.7. The van der Waals surface area contributed by atoms with Gasteiger partial charge in [-0.25, -0.2) is 9.59 Å². The lowest BCUT2D eigenvalue weighted by atomic mass is 10.3. The number of ether oxygens (including phenoxy) is 3. The fourth-order valence-corrected chi connectivity index (χ4v) is 2.91. The maximum atomic E-state index is 12.3. The van der Waals surface area contributed by atoms with Gasteiger partial charge in [-0.3, -0.25) is 9.36 Å². The van der Waals surface area contributed by atoms with E-state index in [1.165, 1.54) is 10.8 Å². The van der Waals surface area contributed by atoms with Crippen molar-refractivity contribution in [1.82, 2.24) is 4.57 Å². The lowest BCUT2D eigenvalue weighted by Crippen LogP contribution is -2.34. The third-order valence-corrected chi connectivity index (χ3v) is 3.86. The molecule has 8 heteroatoms. The zero-order valence-corrected chi connectivity index (χ0v) is 14.5. The van der Waals surface area contributed by atoms with Crippen LogP contribution < -0.4 is 14.8 Å². The summed E-state index contributed by atoms with van der Waals surface area (Å²) in [4.78, 5) is 36.6. The van der Waals surface area contributed by atoms with Crippen molar-refractivity contribution in [3.63, 3.8) is 0 Å². The van der Waals surface area contributed by atoms with Crippen molar-refractivity contribution in [2.75, 3.05) is 19.8 Å². The van der Waals surface area contributed by atoms with Crippen molar-refractivity contribution < 1.29 is 23.8 Å². The highest BCUT2D eigenvalue weighted by molar-refractivity contribution is 7.07. The molecule has 0 unspecified atom stereocenters. The van der Waals surface area contributed by atoms with Crippen molar-refractivity contribution in [3.05, 3.63) is 19.5 Å². The van der Waals surface area contributed by atoms with E-state index >= 15 is 0 Å². The van der Waals surface area contributed by atoms with Crippen molar-refractivity contribution in [2.24, 2.45) is 0 Å². The number of rotatable bonds is 7. The van der Waals surface area contributed by atoms with Gasteiger partial charge in [0, 0.05) is 6.54 Å². The fourth-order valence-electron chi connectivity index (χ4n) is 1.80. The van der Waals surface area contributed by atoms with Crippen molar-refractivity contribution >= 4 is 35.1 Å². The average molecular weight is 343 g/mol. The first-order valence-electron chi connectivity index (χ1n) is 7.41. The lowest BCUT2D eigenvalue weighted by molar-refractivity contribution is -0.142. The van der Waals surface area contributed by atoms with Crippen LogP contribution in [0.1, 0.15) is 27.7 Å². The summed E-state index contributed by atoms with van der Waals surface area (Å²) in [5.41, 5.74) is -0.596. The molecule has 0 radical (unpaired) electrons. The van der Waals surface area contributed by atoms with Crippen LogP contribution in [0.3, 0.4) is 0 Å². The second-order valence-corrected chi connectivity index (χ2v) is 5.24. The van der Waals surface area contributed by atoms with Gasteiger partial charge in [0.1, 0.15) is 15.5 Å². The first-order chi connectivity index (χ1) is 11.0. The third-order valence-electron chi connectivity index (χ3n) is 2.75. The summed E-state index contributed by atoms with van der Waals surface area (Å²) in [5, 5.41) is 0. The summed E-state index contributed by atoms with van der Waals surface area (Å²) in [6, 6.07) is 0. The normalized spacial score (nSPS) is 11.2. The van der Waals surface area contributed by atoms with E-state index in [0.717, 1.165) is 11.3 Å². The fraction of sp³-hybridized carbons (Fsp3) is 0.533. The maximum Gasteiger partial charge on any atom is 0.348 e. The molecule has 0 saturated carbocycles. The van der Waals surface area contributed by atoms with Crippen LogP contribution in [0.25, 0.3) is 11.8 Å². The van der Waals surface area contributed by atoms with E-state index < -0.39 is 11.9 Å². The van der Waals surface area contributed by atoms with Crippen LogP contribution in [0, 0.1) is 0 Å². The number of carbonyl (C=O) groups excluding carboxylic acids is 2. The zero-order chi connectivity index (χ0) is 17.4. The molecular formula is C15H21NO6S. The molecule has 0 aliphatic carbocycles. The van der Waals surface area contributed by atoms with Crippen LogP contribution in [-0.4, -0.2) is 36.3 Å². The van der Waals surface area contributed by atoms with Gasteiger partial charge in [0.15, 0.2) is 5.57 Å². The number of hydrogen-bond donors (Lipinski definition) is 0. The Labute approximate surface area is 137 Å². The van der Waals surface area contributed by atoms with Crippen LogP contribution in [0.5, 0.6) is 0 Å². The Morgan fingerprint density at radius 2 is 1.61 bits per heavy atom. The highest BCUT2D eigenvalue weighted by atomic mass is 32.1. The van der Waals surface area contributed by atoms with E-state index in [2.05, 4.69) is 0 Å². The number of nitrogens with zero attached hydrogens (tertiary/aromatic N) is 1. The second-order valence-electron chi connectivity index (χ2n) is 4.21. The second kappa shape index (κ2) is 9.14. The van der Waals surface area contributed by atoms with E-state index in [9.17, 15) is 14.4 Å². The predicted octanol–water partition coefficient (Wildman–Crippen LogP) is -0.0189. The van der Waals surface area contributed by atoms with Crippen LogP contribution in [-0.2, 0) is 30.3 Å². The van der Waals surface area contributed by atoms with Gasteiger partial charge in [-0.2, -0.15) is 0 Å². The van der Waals surface area contributed by atoms with E-state index in [1.807, 2.05) is 0 Å². The Balaban J connectivity index is 3.72. The molecule has 1 aromatic heterocycles. The number of hydrogen-bond acceptors (Lipinski definition) is 7. The smallest absolute Gasteiger partial charge is 0.348 e. The Bertz CT molecular complexity index is 710. The molecule has 0 fully saturated rings. The summed E-state index contributed by atoms with van der Waals surface area (Å²) < 4.78 is 16.8. The van der Waals surface area contributed by atoms with Crippen molar-refractivity contribution in [1.29, 1.82) is 0 Å². The highest BCUT2D eigenvalue weighted by Gasteiger charge is 2.25. The predicted molar refractivity (Wildman–Crippen MR) is 86.3 cm³/mol. The Kier molecular flexibility index (Phi) is 7.53. The summed E-state index contributed by atoms with van der Waals surface area (Å²) in [6.07, 6.45) is 1.33. The summed E-state index contributed by atoms with van der Waals surface area (Å²) in [5.74, 6) is -1.62. The molecule has 128 valence electrons. The highest BCUT2D eigenvalue weighted by Crippen LogP contribution is 2.02. The van der Waals surface area contributed by atoms with Crippen molar-refractivity contribution in [2.45, 2.75) is 34.2 Å². The molecule has 7 nitrogen and oxygen atoms in total. The average Bonchev–Trinajstić information content (AvgIpc) is 2.81.